The summed E-state index contributed by atoms with van der Waals surface area (Å²) in [6.45, 7) is 2.34. The van der Waals surface area contributed by atoms with E-state index in [0.29, 0.717) is 12.1 Å². The Labute approximate surface area is 87.3 Å². The third kappa shape index (κ3) is 1.83. The second-order valence-corrected chi connectivity index (χ2v) is 3.45. The van der Waals surface area contributed by atoms with Gasteiger partial charge in [-0.15, -0.1) is 0 Å². The van der Waals surface area contributed by atoms with E-state index in [2.05, 4.69) is 5.10 Å². The third-order valence-electron chi connectivity index (χ3n) is 2.36. The van der Waals surface area contributed by atoms with Crippen LogP contribution in [-0.2, 0) is 6.54 Å². The Morgan fingerprint density at radius 1 is 1.40 bits per heavy atom. The molecule has 0 spiro atoms. The molecule has 0 atom stereocenters. The first-order chi connectivity index (χ1) is 7.18. The van der Waals surface area contributed by atoms with Crippen LogP contribution in [0.1, 0.15) is 11.3 Å². The van der Waals surface area contributed by atoms with Crippen molar-refractivity contribution in [3.63, 3.8) is 0 Å². The fourth-order valence-corrected chi connectivity index (χ4v) is 1.45. The average Bonchev–Trinajstić information content (AvgIpc) is 2.60. The van der Waals surface area contributed by atoms with Crippen molar-refractivity contribution in [1.82, 2.24) is 9.78 Å². The molecule has 0 aliphatic carbocycles. The highest BCUT2D eigenvalue weighted by atomic mass is 19.1. The SMILES string of the molecule is Cc1ccnn1Cc1cccc(N)c1F. The topological polar surface area (TPSA) is 43.8 Å². The van der Waals surface area contributed by atoms with Crippen LogP contribution in [0.5, 0.6) is 0 Å². The smallest absolute Gasteiger partial charge is 0.151 e. The van der Waals surface area contributed by atoms with E-state index in [-0.39, 0.29) is 11.5 Å². The van der Waals surface area contributed by atoms with Gasteiger partial charge in [0.05, 0.1) is 12.2 Å². The van der Waals surface area contributed by atoms with Crippen molar-refractivity contribution < 1.29 is 4.39 Å². The molecule has 1 aromatic carbocycles. The predicted octanol–water partition coefficient (Wildman–Crippen LogP) is 1.96. The van der Waals surface area contributed by atoms with Gasteiger partial charge in [-0.25, -0.2) is 4.39 Å². The molecule has 0 bridgehead atoms. The summed E-state index contributed by atoms with van der Waals surface area (Å²) in [5.74, 6) is -0.354. The summed E-state index contributed by atoms with van der Waals surface area (Å²) < 4.78 is 15.3. The maximum Gasteiger partial charge on any atom is 0.151 e. The van der Waals surface area contributed by atoms with Crippen LogP contribution < -0.4 is 5.73 Å². The molecule has 2 rings (SSSR count). The molecule has 0 fully saturated rings. The molecule has 0 radical (unpaired) electrons. The van der Waals surface area contributed by atoms with Crippen LogP contribution >= 0.6 is 0 Å². The summed E-state index contributed by atoms with van der Waals surface area (Å²) in [5, 5.41) is 4.09. The Kier molecular flexibility index (Phi) is 2.41. The number of nitrogens with zero attached hydrogens (tertiary/aromatic N) is 2. The van der Waals surface area contributed by atoms with Crippen molar-refractivity contribution in [2.45, 2.75) is 13.5 Å². The molecular weight excluding hydrogens is 193 g/mol. The molecular formula is C11H12FN3. The maximum atomic E-state index is 13.6. The molecule has 0 unspecified atom stereocenters. The van der Waals surface area contributed by atoms with Gasteiger partial charge in [-0.3, -0.25) is 4.68 Å². The number of rotatable bonds is 2. The monoisotopic (exact) mass is 205 g/mol. The number of nitrogen functional groups attached to an aromatic ring is 1. The van der Waals surface area contributed by atoms with Crippen molar-refractivity contribution >= 4 is 5.69 Å². The lowest BCUT2D eigenvalue weighted by Crippen LogP contribution is -2.06. The zero-order chi connectivity index (χ0) is 10.8. The minimum Gasteiger partial charge on any atom is -0.396 e. The summed E-state index contributed by atoms with van der Waals surface area (Å²) >= 11 is 0. The lowest BCUT2D eigenvalue weighted by molar-refractivity contribution is 0.584. The highest BCUT2D eigenvalue weighted by molar-refractivity contribution is 5.42. The van der Waals surface area contributed by atoms with Gasteiger partial charge in [-0.2, -0.15) is 5.10 Å². The van der Waals surface area contributed by atoms with E-state index in [1.807, 2.05) is 13.0 Å². The summed E-state index contributed by atoms with van der Waals surface area (Å²) in [6, 6.07) is 6.89. The van der Waals surface area contributed by atoms with E-state index in [4.69, 9.17) is 5.73 Å². The van der Waals surface area contributed by atoms with Crippen LogP contribution in [0.4, 0.5) is 10.1 Å². The first kappa shape index (κ1) is 9.71. The number of hydrogen-bond acceptors (Lipinski definition) is 2. The van der Waals surface area contributed by atoms with Gasteiger partial charge in [0, 0.05) is 17.5 Å². The van der Waals surface area contributed by atoms with E-state index < -0.39 is 0 Å². The Balaban J connectivity index is 2.33. The molecule has 0 saturated heterocycles. The number of aromatic nitrogens is 2. The lowest BCUT2D eigenvalue weighted by atomic mass is 10.2. The van der Waals surface area contributed by atoms with Gasteiger partial charge in [0.1, 0.15) is 0 Å². The van der Waals surface area contributed by atoms with Gasteiger partial charge < -0.3 is 5.73 Å². The molecule has 0 amide bonds. The molecule has 78 valence electrons. The van der Waals surface area contributed by atoms with Crippen molar-refractivity contribution in [3.05, 3.63) is 47.5 Å². The number of halogens is 1. The Bertz CT molecular complexity index is 476. The summed E-state index contributed by atoms with van der Waals surface area (Å²) in [7, 11) is 0. The number of hydrogen-bond donors (Lipinski definition) is 1. The van der Waals surface area contributed by atoms with Gasteiger partial charge in [0.15, 0.2) is 5.82 Å². The molecule has 0 aliphatic rings. The molecule has 0 aliphatic heterocycles. The number of aryl methyl sites for hydroxylation is 1. The molecule has 1 heterocycles. The molecule has 1 aromatic heterocycles. The fraction of sp³-hybridized carbons (Fsp3) is 0.182. The molecule has 0 saturated carbocycles. The first-order valence-corrected chi connectivity index (χ1v) is 4.70. The van der Waals surface area contributed by atoms with Crippen LogP contribution in [-0.4, -0.2) is 9.78 Å². The van der Waals surface area contributed by atoms with Gasteiger partial charge in [-0.1, -0.05) is 12.1 Å². The van der Waals surface area contributed by atoms with Crippen LogP contribution in [0.25, 0.3) is 0 Å². The maximum absolute atomic E-state index is 13.6. The van der Waals surface area contributed by atoms with Gasteiger partial charge >= 0.3 is 0 Å². The minimum absolute atomic E-state index is 0.178. The van der Waals surface area contributed by atoms with Crippen molar-refractivity contribution in [2.24, 2.45) is 0 Å². The lowest BCUT2D eigenvalue weighted by Gasteiger charge is -2.07. The van der Waals surface area contributed by atoms with Gasteiger partial charge in [0.25, 0.3) is 0 Å². The van der Waals surface area contributed by atoms with E-state index in [0.717, 1.165) is 5.69 Å². The number of nitrogens with two attached hydrogens (primary N) is 1. The first-order valence-electron chi connectivity index (χ1n) is 4.70. The molecule has 2 aromatic rings. The summed E-state index contributed by atoms with van der Waals surface area (Å²) in [6.07, 6.45) is 1.69. The van der Waals surface area contributed by atoms with Crippen LogP contribution in [0.15, 0.2) is 30.5 Å². The van der Waals surface area contributed by atoms with E-state index >= 15 is 0 Å². The van der Waals surface area contributed by atoms with Crippen LogP contribution in [0.3, 0.4) is 0 Å². The highest BCUT2D eigenvalue weighted by Crippen LogP contribution is 2.15. The quantitative estimate of drug-likeness (QED) is 0.761. The van der Waals surface area contributed by atoms with Gasteiger partial charge in [-0.05, 0) is 19.1 Å². The Morgan fingerprint density at radius 3 is 2.87 bits per heavy atom. The predicted molar refractivity (Wildman–Crippen MR) is 56.9 cm³/mol. The fourth-order valence-electron chi connectivity index (χ4n) is 1.45. The summed E-state index contributed by atoms with van der Waals surface area (Å²) in [5.41, 5.74) is 7.22. The Hall–Kier alpha value is -1.84. The third-order valence-corrected chi connectivity index (χ3v) is 2.36. The Morgan fingerprint density at radius 2 is 2.20 bits per heavy atom. The van der Waals surface area contributed by atoms with E-state index in [1.54, 1.807) is 29.1 Å². The number of benzene rings is 1. The molecule has 15 heavy (non-hydrogen) atoms. The van der Waals surface area contributed by atoms with Crippen LogP contribution in [0.2, 0.25) is 0 Å². The second kappa shape index (κ2) is 3.73. The molecule has 3 nitrogen and oxygen atoms in total. The zero-order valence-electron chi connectivity index (χ0n) is 8.44. The number of anilines is 1. The normalized spacial score (nSPS) is 10.5. The van der Waals surface area contributed by atoms with Crippen molar-refractivity contribution in [1.29, 1.82) is 0 Å². The van der Waals surface area contributed by atoms with E-state index in [9.17, 15) is 4.39 Å². The second-order valence-electron chi connectivity index (χ2n) is 3.45. The average molecular weight is 205 g/mol. The van der Waals surface area contributed by atoms with Crippen LogP contribution in [0, 0.1) is 12.7 Å². The van der Waals surface area contributed by atoms with Crippen molar-refractivity contribution in [3.8, 4) is 0 Å². The standard InChI is InChI=1S/C11H12FN3/c1-8-5-6-14-15(8)7-9-3-2-4-10(13)11(9)12/h2-6H,7,13H2,1H3. The zero-order valence-corrected chi connectivity index (χ0v) is 8.44. The summed E-state index contributed by atoms with van der Waals surface area (Å²) in [4.78, 5) is 0. The molecule has 2 N–H and O–H groups in total. The molecule has 4 heteroatoms. The van der Waals surface area contributed by atoms with E-state index in [1.165, 1.54) is 0 Å². The van der Waals surface area contributed by atoms with Gasteiger partial charge in [0.2, 0.25) is 0 Å². The van der Waals surface area contributed by atoms with Crippen molar-refractivity contribution in [2.75, 3.05) is 5.73 Å². The largest absolute Gasteiger partial charge is 0.396 e. The minimum atomic E-state index is -0.354. The highest BCUT2D eigenvalue weighted by Gasteiger charge is 2.06.